The molecule has 1 unspecified atom stereocenters. The topological polar surface area (TPSA) is 108 Å². The van der Waals surface area contributed by atoms with E-state index >= 15 is 0 Å². The fourth-order valence-electron chi connectivity index (χ4n) is 3.50. The first-order chi connectivity index (χ1) is 15.8. The zero-order chi connectivity index (χ0) is 25.6. The molecule has 3 atom stereocenters. The molecule has 0 aliphatic heterocycles. The molecule has 4 N–H and O–H groups in total. The molecule has 0 saturated heterocycles. The van der Waals surface area contributed by atoms with Crippen LogP contribution < -0.4 is 16.4 Å². The van der Waals surface area contributed by atoms with Crippen molar-refractivity contribution in [1.29, 1.82) is 5.26 Å². The van der Waals surface area contributed by atoms with Gasteiger partial charge >= 0.3 is 6.18 Å². The third-order valence-corrected chi connectivity index (χ3v) is 5.07. The lowest BCUT2D eigenvalue weighted by molar-refractivity contribution is -0.155. The van der Waals surface area contributed by atoms with Crippen LogP contribution in [0.15, 0.2) is 42.5 Å². The number of nitrogens with one attached hydrogen (secondary N) is 2. The van der Waals surface area contributed by atoms with Gasteiger partial charge in [0.25, 0.3) is 0 Å². The Labute approximate surface area is 195 Å². The van der Waals surface area contributed by atoms with Gasteiger partial charge in [0.2, 0.25) is 11.8 Å². The number of amides is 2. The van der Waals surface area contributed by atoms with Gasteiger partial charge in [-0.3, -0.25) is 9.59 Å². The van der Waals surface area contributed by atoms with Crippen LogP contribution in [0, 0.1) is 23.1 Å². The molecule has 0 aliphatic rings. The van der Waals surface area contributed by atoms with Crippen molar-refractivity contribution in [2.45, 2.75) is 51.4 Å². The van der Waals surface area contributed by atoms with E-state index in [1.165, 1.54) is 49.4 Å². The fraction of sp³-hybridized carbons (Fsp3) is 0.375. The first-order valence-electron chi connectivity index (χ1n) is 10.5. The van der Waals surface area contributed by atoms with E-state index in [9.17, 15) is 32.4 Å². The van der Waals surface area contributed by atoms with Crippen LogP contribution in [0.2, 0.25) is 0 Å². The lowest BCUT2D eigenvalue weighted by Crippen LogP contribution is -2.49. The second-order valence-corrected chi connectivity index (χ2v) is 8.37. The van der Waals surface area contributed by atoms with Gasteiger partial charge in [0.05, 0.1) is 17.8 Å². The SMILES string of the molecule is CC(=O)Nc1ccc(-c2ccc([C@@H](C(C#N)NC(=O)[C@@H](N)CC(C)C)C(F)(F)F)cc2)cc1F. The summed E-state index contributed by atoms with van der Waals surface area (Å²) >= 11 is 0. The molecule has 0 saturated carbocycles. The summed E-state index contributed by atoms with van der Waals surface area (Å²) in [7, 11) is 0. The molecule has 182 valence electrons. The lowest BCUT2D eigenvalue weighted by atomic mass is 9.89. The van der Waals surface area contributed by atoms with E-state index in [2.05, 4.69) is 10.6 Å². The maximum Gasteiger partial charge on any atom is 0.398 e. The summed E-state index contributed by atoms with van der Waals surface area (Å²) in [5.74, 6) is -4.22. The molecule has 0 spiro atoms. The minimum Gasteiger partial charge on any atom is -0.338 e. The average molecular weight is 478 g/mol. The van der Waals surface area contributed by atoms with Crippen molar-refractivity contribution in [3.8, 4) is 17.2 Å². The minimum absolute atomic E-state index is 0.0201. The van der Waals surface area contributed by atoms with Crippen molar-refractivity contribution in [3.05, 3.63) is 53.8 Å². The zero-order valence-corrected chi connectivity index (χ0v) is 18.9. The van der Waals surface area contributed by atoms with Crippen LogP contribution in [0.3, 0.4) is 0 Å². The average Bonchev–Trinajstić information content (AvgIpc) is 2.73. The monoisotopic (exact) mass is 478 g/mol. The van der Waals surface area contributed by atoms with Crippen molar-refractivity contribution >= 4 is 17.5 Å². The minimum atomic E-state index is -4.83. The van der Waals surface area contributed by atoms with E-state index in [-0.39, 0.29) is 23.6 Å². The summed E-state index contributed by atoms with van der Waals surface area (Å²) in [6, 6.07) is 7.70. The van der Waals surface area contributed by atoms with E-state index in [1.807, 2.05) is 13.8 Å². The van der Waals surface area contributed by atoms with Gasteiger partial charge in [-0.2, -0.15) is 18.4 Å². The van der Waals surface area contributed by atoms with Gasteiger partial charge in [-0.1, -0.05) is 44.2 Å². The molecule has 10 heteroatoms. The Hall–Kier alpha value is -3.45. The van der Waals surface area contributed by atoms with Crippen molar-refractivity contribution in [3.63, 3.8) is 0 Å². The van der Waals surface area contributed by atoms with Crippen LogP contribution in [0.1, 0.15) is 38.7 Å². The molecule has 2 rings (SSSR count). The smallest absolute Gasteiger partial charge is 0.338 e. The van der Waals surface area contributed by atoms with Crippen molar-refractivity contribution in [2.24, 2.45) is 11.7 Å². The second-order valence-electron chi connectivity index (χ2n) is 8.37. The van der Waals surface area contributed by atoms with Crippen LogP contribution in [-0.4, -0.2) is 30.1 Å². The second kappa shape index (κ2) is 11.1. The summed E-state index contributed by atoms with van der Waals surface area (Å²) < 4.78 is 56.0. The van der Waals surface area contributed by atoms with Crippen LogP contribution >= 0.6 is 0 Å². The number of hydrogen-bond acceptors (Lipinski definition) is 4. The predicted octanol–water partition coefficient (Wildman–Crippen LogP) is 4.48. The molecule has 2 aromatic rings. The quantitative estimate of drug-likeness (QED) is 0.486. The molecular weight excluding hydrogens is 452 g/mol. The van der Waals surface area contributed by atoms with E-state index in [4.69, 9.17) is 5.73 Å². The maximum atomic E-state index is 14.2. The summed E-state index contributed by atoms with van der Waals surface area (Å²) in [6.45, 7) is 4.86. The first-order valence-corrected chi connectivity index (χ1v) is 10.5. The molecule has 0 radical (unpaired) electrons. The Morgan fingerprint density at radius 2 is 1.68 bits per heavy atom. The summed E-state index contributed by atoms with van der Waals surface area (Å²) in [5, 5.41) is 13.9. The zero-order valence-electron chi connectivity index (χ0n) is 18.9. The summed E-state index contributed by atoms with van der Waals surface area (Å²) in [4.78, 5) is 23.4. The third-order valence-electron chi connectivity index (χ3n) is 5.07. The number of carbonyl (C=O) groups excluding carboxylic acids is 2. The van der Waals surface area contributed by atoms with Crippen molar-refractivity contribution in [1.82, 2.24) is 5.32 Å². The number of hydrogen-bond donors (Lipinski definition) is 3. The molecule has 0 aliphatic carbocycles. The largest absolute Gasteiger partial charge is 0.398 e. The number of benzene rings is 2. The number of nitriles is 1. The highest BCUT2D eigenvalue weighted by Gasteiger charge is 2.47. The van der Waals surface area contributed by atoms with E-state index < -0.39 is 41.8 Å². The van der Waals surface area contributed by atoms with E-state index in [0.717, 1.165) is 6.07 Å². The highest BCUT2D eigenvalue weighted by molar-refractivity contribution is 5.89. The normalized spacial score (nSPS) is 14.1. The molecule has 0 aromatic heterocycles. The molecular formula is C24H26F4N4O2. The van der Waals surface area contributed by atoms with Gasteiger partial charge in [0, 0.05) is 6.92 Å². The molecule has 0 bridgehead atoms. The molecule has 34 heavy (non-hydrogen) atoms. The Kier molecular flexibility index (Phi) is 8.76. The maximum absolute atomic E-state index is 14.2. The summed E-state index contributed by atoms with van der Waals surface area (Å²) in [6.07, 6.45) is -4.57. The number of halogens is 4. The molecule has 6 nitrogen and oxygen atoms in total. The van der Waals surface area contributed by atoms with Crippen LogP contribution in [0.4, 0.5) is 23.2 Å². The highest BCUT2D eigenvalue weighted by atomic mass is 19.4. The number of rotatable bonds is 8. The van der Waals surface area contributed by atoms with Crippen molar-refractivity contribution in [2.75, 3.05) is 5.32 Å². The third kappa shape index (κ3) is 7.02. The Bertz CT molecular complexity index is 1060. The van der Waals surface area contributed by atoms with E-state index in [1.54, 1.807) is 0 Å². The Morgan fingerprint density at radius 3 is 2.15 bits per heavy atom. The van der Waals surface area contributed by atoms with Crippen LogP contribution in [0.25, 0.3) is 11.1 Å². The molecule has 0 heterocycles. The number of alkyl halides is 3. The van der Waals surface area contributed by atoms with Gasteiger partial charge in [0.15, 0.2) is 0 Å². The van der Waals surface area contributed by atoms with Crippen LogP contribution in [-0.2, 0) is 9.59 Å². The lowest BCUT2D eigenvalue weighted by Gasteiger charge is -2.27. The predicted molar refractivity (Wildman–Crippen MR) is 120 cm³/mol. The van der Waals surface area contributed by atoms with Gasteiger partial charge < -0.3 is 16.4 Å². The Balaban J connectivity index is 2.31. The molecule has 0 fully saturated rings. The number of anilines is 1. The Morgan fingerprint density at radius 1 is 1.09 bits per heavy atom. The first kappa shape index (κ1) is 26.8. The fourth-order valence-corrected chi connectivity index (χ4v) is 3.50. The van der Waals surface area contributed by atoms with Gasteiger partial charge in [0.1, 0.15) is 17.8 Å². The number of nitrogens with zero attached hydrogens (tertiary/aromatic N) is 1. The van der Waals surface area contributed by atoms with Crippen molar-refractivity contribution < 1.29 is 27.2 Å². The molecule has 2 aromatic carbocycles. The highest BCUT2D eigenvalue weighted by Crippen LogP contribution is 2.38. The van der Waals surface area contributed by atoms with Crippen LogP contribution in [0.5, 0.6) is 0 Å². The van der Waals surface area contributed by atoms with E-state index in [0.29, 0.717) is 11.1 Å². The van der Waals surface area contributed by atoms with Gasteiger partial charge in [-0.25, -0.2) is 4.39 Å². The van der Waals surface area contributed by atoms with Gasteiger partial charge in [-0.05, 0) is 41.2 Å². The van der Waals surface area contributed by atoms with Gasteiger partial charge in [-0.15, -0.1) is 0 Å². The molecule has 2 amide bonds. The summed E-state index contributed by atoms with van der Waals surface area (Å²) in [5.41, 5.74) is 6.29. The number of nitrogens with two attached hydrogens (primary N) is 1. The number of carbonyl (C=O) groups is 2. The standard InChI is InChI=1S/C24H26F4N4O2/c1-13(2)10-19(30)23(34)32-21(12-29)22(24(26,27)28)16-6-4-15(5-7-16)17-8-9-20(18(25)11-17)31-14(3)33/h4-9,11,13,19,21-22H,10,30H2,1-3H3,(H,31,33)(H,32,34)/t19-,21?,22-/m0/s1.